The van der Waals surface area contributed by atoms with Crippen molar-refractivity contribution in [3.63, 3.8) is 0 Å². The predicted molar refractivity (Wildman–Crippen MR) is 80.4 cm³/mol. The van der Waals surface area contributed by atoms with Gasteiger partial charge in [0.15, 0.2) is 11.5 Å². The van der Waals surface area contributed by atoms with Gasteiger partial charge < -0.3 is 20.5 Å². The number of carbonyl (C=O) groups is 1. The lowest BCUT2D eigenvalue weighted by Crippen LogP contribution is -2.35. The minimum atomic E-state index is -0.471. The number of nitrogens with two attached hydrogens (primary N) is 1. The van der Waals surface area contributed by atoms with Gasteiger partial charge in [0.25, 0.3) is 5.79 Å². The second-order valence-corrected chi connectivity index (χ2v) is 5.87. The van der Waals surface area contributed by atoms with Crippen LogP contribution in [0.4, 0.5) is 5.69 Å². The zero-order chi connectivity index (χ0) is 14.9. The number of anilines is 1. The van der Waals surface area contributed by atoms with Crippen molar-refractivity contribution in [1.82, 2.24) is 0 Å². The van der Waals surface area contributed by atoms with Gasteiger partial charge in [-0.15, -0.1) is 0 Å². The lowest BCUT2D eigenvalue weighted by atomic mass is 10.1. The maximum Gasteiger partial charge on any atom is 0.251 e. The van der Waals surface area contributed by atoms with E-state index in [-0.39, 0.29) is 5.91 Å². The van der Waals surface area contributed by atoms with E-state index in [1.165, 1.54) is 0 Å². The van der Waals surface area contributed by atoms with E-state index in [2.05, 4.69) is 5.32 Å². The highest BCUT2D eigenvalue weighted by molar-refractivity contribution is 5.94. The summed E-state index contributed by atoms with van der Waals surface area (Å²) in [6, 6.07) is 5.02. The van der Waals surface area contributed by atoms with E-state index in [0.717, 1.165) is 37.9 Å². The third kappa shape index (κ3) is 2.83. The van der Waals surface area contributed by atoms with E-state index in [4.69, 9.17) is 15.2 Å². The lowest BCUT2D eigenvalue weighted by molar-refractivity contribution is -0.117. The van der Waals surface area contributed by atoms with Crippen LogP contribution in [-0.2, 0) is 4.79 Å². The molecule has 114 valence electrons. The molecular weight excluding hydrogens is 268 g/mol. The molecule has 5 nitrogen and oxygen atoms in total. The molecule has 1 heterocycles. The third-order valence-corrected chi connectivity index (χ3v) is 4.10. The average molecular weight is 290 g/mol. The standard InChI is InChI=1S/C16H22N2O3/c1-2-5-12(17)15(19)18-11-6-7-13-14(10-11)21-16(20-13)8-3-4-9-16/h6-7,10,12H,2-5,8-9,17H2,1H3,(H,18,19). The van der Waals surface area contributed by atoms with Crippen molar-refractivity contribution in [3.05, 3.63) is 18.2 Å². The van der Waals surface area contributed by atoms with Crippen molar-refractivity contribution in [3.8, 4) is 11.5 Å². The third-order valence-electron chi connectivity index (χ3n) is 4.10. The molecule has 21 heavy (non-hydrogen) atoms. The molecule has 1 aliphatic carbocycles. The molecule has 5 heteroatoms. The Morgan fingerprint density at radius 3 is 2.76 bits per heavy atom. The Hall–Kier alpha value is -1.75. The number of carbonyl (C=O) groups excluding carboxylic acids is 1. The van der Waals surface area contributed by atoms with Crippen LogP contribution in [0.1, 0.15) is 45.4 Å². The highest BCUT2D eigenvalue weighted by Gasteiger charge is 2.44. The van der Waals surface area contributed by atoms with Crippen LogP contribution < -0.4 is 20.5 Å². The average Bonchev–Trinajstić information content (AvgIpc) is 3.05. The maximum absolute atomic E-state index is 11.9. The molecule has 1 unspecified atom stereocenters. The molecule has 0 bridgehead atoms. The van der Waals surface area contributed by atoms with Gasteiger partial charge in [-0.3, -0.25) is 4.79 Å². The molecule has 0 aromatic heterocycles. The molecule has 3 rings (SSSR count). The van der Waals surface area contributed by atoms with Crippen LogP contribution in [-0.4, -0.2) is 17.7 Å². The molecule has 1 aromatic rings. The monoisotopic (exact) mass is 290 g/mol. The van der Waals surface area contributed by atoms with Gasteiger partial charge in [-0.25, -0.2) is 0 Å². The highest BCUT2D eigenvalue weighted by atomic mass is 16.7. The largest absolute Gasteiger partial charge is 0.448 e. The van der Waals surface area contributed by atoms with Crippen molar-refractivity contribution in [2.24, 2.45) is 5.73 Å². The van der Waals surface area contributed by atoms with E-state index in [0.29, 0.717) is 17.9 Å². The minimum absolute atomic E-state index is 0.161. The number of ether oxygens (including phenoxy) is 2. The summed E-state index contributed by atoms with van der Waals surface area (Å²) in [6.45, 7) is 2.01. The van der Waals surface area contributed by atoms with E-state index < -0.39 is 11.8 Å². The molecular formula is C16H22N2O3. The minimum Gasteiger partial charge on any atom is -0.448 e. The number of benzene rings is 1. The summed E-state index contributed by atoms with van der Waals surface area (Å²) < 4.78 is 11.9. The maximum atomic E-state index is 11.9. The van der Waals surface area contributed by atoms with Gasteiger partial charge >= 0.3 is 0 Å². The summed E-state index contributed by atoms with van der Waals surface area (Å²) in [6.07, 6.45) is 5.67. The Labute approximate surface area is 124 Å². The van der Waals surface area contributed by atoms with E-state index in [1.54, 1.807) is 0 Å². The molecule has 2 aliphatic rings. The highest BCUT2D eigenvalue weighted by Crippen LogP contribution is 2.47. The molecule has 1 aromatic carbocycles. The Balaban J connectivity index is 1.69. The Morgan fingerprint density at radius 2 is 2.05 bits per heavy atom. The fourth-order valence-corrected chi connectivity index (χ4v) is 2.97. The number of hydrogen-bond donors (Lipinski definition) is 2. The summed E-state index contributed by atoms with van der Waals surface area (Å²) in [5.74, 6) is 0.835. The molecule has 1 atom stereocenters. The van der Waals surface area contributed by atoms with Gasteiger partial charge in [0.05, 0.1) is 6.04 Å². The van der Waals surface area contributed by atoms with Gasteiger partial charge in [0, 0.05) is 24.6 Å². The van der Waals surface area contributed by atoms with Crippen molar-refractivity contribution >= 4 is 11.6 Å². The van der Waals surface area contributed by atoms with Gasteiger partial charge in [0.2, 0.25) is 5.91 Å². The van der Waals surface area contributed by atoms with Gasteiger partial charge in [-0.05, 0) is 31.4 Å². The summed E-state index contributed by atoms with van der Waals surface area (Å²) in [5, 5.41) is 2.84. The van der Waals surface area contributed by atoms with E-state index in [1.807, 2.05) is 25.1 Å². The zero-order valence-electron chi connectivity index (χ0n) is 12.4. The van der Waals surface area contributed by atoms with Crippen LogP contribution in [0.15, 0.2) is 18.2 Å². The molecule has 1 fully saturated rings. The fourth-order valence-electron chi connectivity index (χ4n) is 2.97. The second-order valence-electron chi connectivity index (χ2n) is 5.87. The molecule has 0 radical (unpaired) electrons. The molecule has 0 saturated heterocycles. The molecule has 1 saturated carbocycles. The van der Waals surface area contributed by atoms with Crippen LogP contribution >= 0.6 is 0 Å². The van der Waals surface area contributed by atoms with E-state index in [9.17, 15) is 4.79 Å². The van der Waals surface area contributed by atoms with Gasteiger partial charge in [0.1, 0.15) is 0 Å². The number of rotatable bonds is 4. The lowest BCUT2D eigenvalue weighted by Gasteiger charge is -2.21. The van der Waals surface area contributed by atoms with Crippen LogP contribution in [0, 0.1) is 0 Å². The molecule has 3 N–H and O–H groups in total. The number of amides is 1. The summed E-state index contributed by atoms with van der Waals surface area (Å²) in [4.78, 5) is 11.9. The summed E-state index contributed by atoms with van der Waals surface area (Å²) >= 11 is 0. The van der Waals surface area contributed by atoms with E-state index >= 15 is 0 Å². The Morgan fingerprint density at radius 1 is 1.33 bits per heavy atom. The van der Waals surface area contributed by atoms with Gasteiger partial charge in [-0.2, -0.15) is 0 Å². The Bertz CT molecular complexity index is 538. The predicted octanol–water partition coefficient (Wildman–Crippen LogP) is 2.79. The van der Waals surface area contributed by atoms with Gasteiger partial charge in [-0.1, -0.05) is 13.3 Å². The fraction of sp³-hybridized carbons (Fsp3) is 0.562. The quantitative estimate of drug-likeness (QED) is 0.894. The van der Waals surface area contributed by atoms with Crippen LogP contribution in [0.5, 0.6) is 11.5 Å². The molecule has 1 aliphatic heterocycles. The first-order valence-corrected chi connectivity index (χ1v) is 7.70. The van der Waals surface area contributed by atoms with Crippen LogP contribution in [0.3, 0.4) is 0 Å². The SMILES string of the molecule is CCCC(N)C(=O)Nc1ccc2c(c1)OC1(CCCC1)O2. The van der Waals surface area contributed by atoms with Crippen LogP contribution in [0.25, 0.3) is 0 Å². The molecule has 1 amide bonds. The first-order valence-electron chi connectivity index (χ1n) is 7.70. The zero-order valence-corrected chi connectivity index (χ0v) is 12.4. The van der Waals surface area contributed by atoms with Crippen molar-refractivity contribution < 1.29 is 14.3 Å². The van der Waals surface area contributed by atoms with Crippen LogP contribution in [0.2, 0.25) is 0 Å². The first-order chi connectivity index (χ1) is 10.1. The van der Waals surface area contributed by atoms with Crippen molar-refractivity contribution in [2.75, 3.05) is 5.32 Å². The first kappa shape index (κ1) is 14.2. The van der Waals surface area contributed by atoms with Crippen molar-refractivity contribution in [1.29, 1.82) is 0 Å². The summed E-state index contributed by atoms with van der Waals surface area (Å²) in [7, 11) is 0. The number of fused-ring (bicyclic) bond motifs is 1. The number of nitrogens with one attached hydrogen (secondary N) is 1. The summed E-state index contributed by atoms with van der Waals surface area (Å²) in [5.41, 5.74) is 6.51. The topological polar surface area (TPSA) is 73.6 Å². The Kier molecular flexibility index (Phi) is 3.76. The molecule has 1 spiro atoms. The normalized spacial score (nSPS) is 19.7. The van der Waals surface area contributed by atoms with Crippen molar-refractivity contribution in [2.45, 2.75) is 57.3 Å². The number of hydrogen-bond acceptors (Lipinski definition) is 4. The second kappa shape index (κ2) is 5.56. The smallest absolute Gasteiger partial charge is 0.251 e.